The Morgan fingerprint density at radius 3 is 3.00 bits per heavy atom. The Balaban J connectivity index is 1.93. The molecule has 5 heteroatoms. The van der Waals surface area contributed by atoms with Gasteiger partial charge in [-0.3, -0.25) is 0 Å². The second kappa shape index (κ2) is 5.71. The summed E-state index contributed by atoms with van der Waals surface area (Å²) in [6, 6.07) is 12.0. The number of fused-ring (bicyclic) bond motifs is 1. The number of aromatic nitrogens is 3. The highest BCUT2D eigenvalue weighted by Gasteiger charge is 2.23. The van der Waals surface area contributed by atoms with Crippen molar-refractivity contribution in [2.45, 2.75) is 18.9 Å². The number of pyridine rings is 1. The van der Waals surface area contributed by atoms with Crippen LogP contribution in [0.25, 0.3) is 22.6 Å². The third-order valence-electron chi connectivity index (χ3n) is 4.03. The van der Waals surface area contributed by atoms with Gasteiger partial charge in [0, 0.05) is 23.4 Å². The van der Waals surface area contributed by atoms with Gasteiger partial charge < -0.3 is 9.30 Å². The van der Waals surface area contributed by atoms with Crippen LogP contribution >= 0.6 is 11.6 Å². The van der Waals surface area contributed by atoms with Gasteiger partial charge in [0.1, 0.15) is 11.3 Å². The van der Waals surface area contributed by atoms with E-state index in [1.807, 2.05) is 42.6 Å². The van der Waals surface area contributed by atoms with E-state index in [4.69, 9.17) is 21.3 Å². The highest BCUT2D eigenvalue weighted by atomic mass is 35.5. The first kappa shape index (κ1) is 13.7. The summed E-state index contributed by atoms with van der Waals surface area (Å²) in [6.07, 6.45) is 3.95. The maximum absolute atomic E-state index is 6.15. The van der Waals surface area contributed by atoms with Crippen molar-refractivity contribution < 1.29 is 4.74 Å². The Morgan fingerprint density at radius 1 is 1.23 bits per heavy atom. The number of hydrogen-bond donors (Lipinski definition) is 0. The van der Waals surface area contributed by atoms with Gasteiger partial charge in [-0.05, 0) is 37.1 Å². The number of rotatable bonds is 2. The van der Waals surface area contributed by atoms with Gasteiger partial charge in [-0.1, -0.05) is 23.7 Å². The average Bonchev–Trinajstić information content (AvgIpc) is 2.95. The third kappa shape index (κ3) is 2.38. The molecule has 0 N–H and O–H groups in total. The molecule has 2 aromatic heterocycles. The molecule has 0 radical (unpaired) electrons. The fraction of sp³-hybridized carbons (Fsp3) is 0.294. The fourth-order valence-electron chi connectivity index (χ4n) is 3.03. The zero-order valence-corrected chi connectivity index (χ0v) is 12.8. The van der Waals surface area contributed by atoms with Gasteiger partial charge in [0.25, 0.3) is 0 Å². The number of ether oxygens (including phenoxy) is 1. The van der Waals surface area contributed by atoms with Crippen LogP contribution in [-0.2, 0) is 4.74 Å². The molecule has 0 saturated carbocycles. The summed E-state index contributed by atoms with van der Waals surface area (Å²) < 4.78 is 7.88. The molecule has 0 amide bonds. The van der Waals surface area contributed by atoms with Crippen molar-refractivity contribution in [3.05, 3.63) is 47.6 Å². The van der Waals surface area contributed by atoms with Crippen LogP contribution in [0.15, 0.2) is 42.6 Å². The second-order valence-electron chi connectivity index (χ2n) is 5.53. The van der Waals surface area contributed by atoms with Crippen LogP contribution in [0.4, 0.5) is 0 Å². The van der Waals surface area contributed by atoms with Crippen molar-refractivity contribution in [1.82, 2.24) is 14.5 Å². The number of imidazole rings is 1. The molecule has 4 nitrogen and oxygen atoms in total. The average molecular weight is 314 g/mol. The van der Waals surface area contributed by atoms with Crippen LogP contribution < -0.4 is 0 Å². The molecule has 0 aliphatic carbocycles. The topological polar surface area (TPSA) is 39.9 Å². The lowest BCUT2D eigenvalue weighted by atomic mass is 10.1. The number of hydrogen-bond acceptors (Lipinski definition) is 3. The predicted molar refractivity (Wildman–Crippen MR) is 87.1 cm³/mol. The van der Waals surface area contributed by atoms with Crippen molar-refractivity contribution in [1.29, 1.82) is 0 Å². The molecule has 3 aromatic rings. The van der Waals surface area contributed by atoms with Gasteiger partial charge in [0.2, 0.25) is 0 Å². The number of halogens is 1. The monoisotopic (exact) mass is 313 g/mol. The summed E-state index contributed by atoms with van der Waals surface area (Å²) in [5.74, 6) is 0.909. The molecular weight excluding hydrogens is 298 g/mol. The van der Waals surface area contributed by atoms with Crippen molar-refractivity contribution in [2.75, 3.05) is 13.2 Å². The smallest absolute Gasteiger partial charge is 0.160 e. The molecule has 1 unspecified atom stereocenters. The highest BCUT2D eigenvalue weighted by Crippen LogP contribution is 2.31. The van der Waals surface area contributed by atoms with E-state index < -0.39 is 0 Å². The minimum atomic E-state index is 0.266. The quantitative estimate of drug-likeness (QED) is 0.715. The third-order valence-corrected chi connectivity index (χ3v) is 4.27. The van der Waals surface area contributed by atoms with Crippen molar-refractivity contribution in [3.63, 3.8) is 0 Å². The zero-order valence-electron chi connectivity index (χ0n) is 12.1. The van der Waals surface area contributed by atoms with Gasteiger partial charge in [-0.2, -0.15) is 0 Å². The normalized spacial score (nSPS) is 18.7. The van der Waals surface area contributed by atoms with Crippen LogP contribution in [0, 0.1) is 0 Å². The summed E-state index contributed by atoms with van der Waals surface area (Å²) in [5.41, 5.74) is 2.83. The van der Waals surface area contributed by atoms with Crippen LogP contribution in [0.5, 0.6) is 0 Å². The van der Waals surface area contributed by atoms with Crippen molar-refractivity contribution in [3.8, 4) is 11.4 Å². The summed E-state index contributed by atoms with van der Waals surface area (Å²) in [6.45, 7) is 1.54. The van der Waals surface area contributed by atoms with E-state index in [0.29, 0.717) is 11.6 Å². The first-order chi connectivity index (χ1) is 10.8. The zero-order chi connectivity index (χ0) is 14.9. The molecule has 0 spiro atoms. The van der Waals surface area contributed by atoms with Gasteiger partial charge in [0.05, 0.1) is 12.6 Å². The molecule has 1 saturated heterocycles. The van der Waals surface area contributed by atoms with Crippen molar-refractivity contribution >= 4 is 22.8 Å². The Labute approximate surface area is 133 Å². The van der Waals surface area contributed by atoms with Gasteiger partial charge in [0.15, 0.2) is 5.65 Å². The summed E-state index contributed by atoms with van der Waals surface area (Å²) in [5, 5.41) is 0.712. The van der Waals surface area contributed by atoms with E-state index in [1.54, 1.807) is 0 Å². The van der Waals surface area contributed by atoms with E-state index in [0.717, 1.165) is 42.0 Å². The Kier molecular flexibility index (Phi) is 3.56. The van der Waals surface area contributed by atoms with E-state index >= 15 is 0 Å². The van der Waals surface area contributed by atoms with E-state index in [-0.39, 0.29) is 6.04 Å². The number of nitrogens with zero attached hydrogens (tertiary/aromatic N) is 3. The van der Waals surface area contributed by atoms with E-state index in [2.05, 4.69) is 9.55 Å². The van der Waals surface area contributed by atoms with Crippen LogP contribution in [0.3, 0.4) is 0 Å². The lowest BCUT2D eigenvalue weighted by Crippen LogP contribution is -2.22. The van der Waals surface area contributed by atoms with E-state index in [1.165, 1.54) is 0 Å². The maximum Gasteiger partial charge on any atom is 0.160 e. The lowest BCUT2D eigenvalue weighted by molar-refractivity contribution is 0.0608. The Bertz CT molecular complexity index is 809. The molecular formula is C17H16ClN3O. The molecule has 3 heterocycles. The van der Waals surface area contributed by atoms with Crippen LogP contribution in [0.2, 0.25) is 5.02 Å². The SMILES string of the molecule is Clc1cccc(-c2nc3cccnc3n2C2CCCOC2)c1. The molecule has 1 aromatic carbocycles. The summed E-state index contributed by atoms with van der Waals surface area (Å²) >= 11 is 6.15. The van der Waals surface area contributed by atoms with Gasteiger partial charge >= 0.3 is 0 Å². The molecule has 4 rings (SSSR count). The summed E-state index contributed by atoms with van der Waals surface area (Å²) in [4.78, 5) is 9.32. The molecule has 1 aliphatic rings. The lowest BCUT2D eigenvalue weighted by Gasteiger charge is -2.25. The fourth-order valence-corrected chi connectivity index (χ4v) is 3.22. The number of benzene rings is 1. The second-order valence-corrected chi connectivity index (χ2v) is 5.97. The minimum Gasteiger partial charge on any atom is -0.379 e. The van der Waals surface area contributed by atoms with Crippen LogP contribution in [-0.4, -0.2) is 27.7 Å². The van der Waals surface area contributed by atoms with Gasteiger partial charge in [-0.15, -0.1) is 0 Å². The van der Waals surface area contributed by atoms with Gasteiger partial charge in [-0.25, -0.2) is 9.97 Å². The van der Waals surface area contributed by atoms with E-state index in [9.17, 15) is 0 Å². The largest absolute Gasteiger partial charge is 0.379 e. The first-order valence-electron chi connectivity index (χ1n) is 7.49. The maximum atomic E-state index is 6.15. The molecule has 0 bridgehead atoms. The Morgan fingerprint density at radius 2 is 2.18 bits per heavy atom. The summed E-state index contributed by atoms with van der Waals surface area (Å²) in [7, 11) is 0. The van der Waals surface area contributed by atoms with Crippen molar-refractivity contribution in [2.24, 2.45) is 0 Å². The molecule has 1 atom stereocenters. The molecule has 22 heavy (non-hydrogen) atoms. The Hall–Kier alpha value is -1.91. The highest BCUT2D eigenvalue weighted by molar-refractivity contribution is 6.30. The first-order valence-corrected chi connectivity index (χ1v) is 7.87. The standard InChI is InChI=1S/C17H16ClN3O/c18-13-5-1-4-12(10-13)16-20-15-7-2-8-19-17(15)21(16)14-6-3-9-22-11-14/h1-2,4-5,7-8,10,14H,3,6,9,11H2. The molecule has 1 fully saturated rings. The van der Waals surface area contributed by atoms with Crippen LogP contribution in [0.1, 0.15) is 18.9 Å². The minimum absolute atomic E-state index is 0.266. The molecule has 1 aliphatic heterocycles. The predicted octanol–water partition coefficient (Wildman–Crippen LogP) is 4.10. The molecule has 112 valence electrons.